The van der Waals surface area contributed by atoms with E-state index in [9.17, 15) is 4.79 Å². The van der Waals surface area contributed by atoms with Gasteiger partial charge in [-0.2, -0.15) is 0 Å². The third kappa shape index (κ3) is 2.78. The summed E-state index contributed by atoms with van der Waals surface area (Å²) in [6.07, 6.45) is 3.46. The molecule has 1 atom stereocenters. The van der Waals surface area contributed by atoms with E-state index in [1.165, 1.54) is 6.92 Å². The third-order valence-corrected chi connectivity index (χ3v) is 1.55. The second kappa shape index (κ2) is 4.50. The van der Waals surface area contributed by atoms with Gasteiger partial charge in [-0.15, -0.1) is 6.58 Å². The molecule has 0 aliphatic rings. The lowest BCUT2D eigenvalue weighted by Gasteiger charge is -2.11. The molecule has 3 heteroatoms. The first-order valence-corrected chi connectivity index (χ1v) is 4.05. The summed E-state index contributed by atoms with van der Waals surface area (Å²) in [5.41, 5.74) is 0. The maximum absolute atomic E-state index is 10.7. The summed E-state index contributed by atoms with van der Waals surface area (Å²) in [6.45, 7) is 4.96. The van der Waals surface area contributed by atoms with Crippen LogP contribution in [0.5, 0.6) is 0 Å². The highest BCUT2D eigenvalue weighted by atomic mass is 16.5. The second-order valence-electron chi connectivity index (χ2n) is 2.64. The van der Waals surface area contributed by atoms with Gasteiger partial charge in [-0.25, -0.2) is 0 Å². The molecule has 0 amide bonds. The van der Waals surface area contributed by atoms with Gasteiger partial charge in [-0.05, 0) is 12.1 Å². The number of furan rings is 1. The van der Waals surface area contributed by atoms with Crippen molar-refractivity contribution in [1.82, 2.24) is 0 Å². The fraction of sp³-hybridized carbons (Fsp3) is 0.300. The minimum atomic E-state index is -0.343. The average Bonchev–Trinajstić information content (AvgIpc) is 2.54. The van der Waals surface area contributed by atoms with E-state index >= 15 is 0 Å². The van der Waals surface area contributed by atoms with Crippen molar-refractivity contribution >= 4 is 5.97 Å². The predicted molar refractivity (Wildman–Crippen MR) is 48.0 cm³/mol. The van der Waals surface area contributed by atoms with Gasteiger partial charge >= 0.3 is 5.97 Å². The van der Waals surface area contributed by atoms with Crippen LogP contribution in [-0.4, -0.2) is 5.97 Å². The summed E-state index contributed by atoms with van der Waals surface area (Å²) in [6, 6.07) is 3.53. The standard InChI is InChI=1S/C10H12O3/c1-3-5-10(13-8(2)11)9-6-4-7-12-9/h3-4,6-7,10H,1,5H2,2H3. The Kier molecular flexibility index (Phi) is 3.31. The summed E-state index contributed by atoms with van der Waals surface area (Å²) < 4.78 is 10.2. The van der Waals surface area contributed by atoms with Crippen LogP contribution in [0.4, 0.5) is 0 Å². The third-order valence-electron chi connectivity index (χ3n) is 1.55. The lowest BCUT2D eigenvalue weighted by Crippen LogP contribution is -2.06. The van der Waals surface area contributed by atoms with Gasteiger partial charge < -0.3 is 9.15 Å². The first-order valence-electron chi connectivity index (χ1n) is 4.05. The maximum atomic E-state index is 10.7. The largest absolute Gasteiger partial charge is 0.465 e. The van der Waals surface area contributed by atoms with E-state index in [4.69, 9.17) is 9.15 Å². The molecule has 1 aromatic heterocycles. The predicted octanol–water partition coefficient (Wildman–Crippen LogP) is 2.46. The fourth-order valence-electron chi connectivity index (χ4n) is 1.05. The van der Waals surface area contributed by atoms with Crippen molar-refractivity contribution in [1.29, 1.82) is 0 Å². The van der Waals surface area contributed by atoms with E-state index in [0.29, 0.717) is 12.2 Å². The van der Waals surface area contributed by atoms with Gasteiger partial charge in [0.1, 0.15) is 5.76 Å². The molecule has 3 nitrogen and oxygen atoms in total. The molecule has 1 aromatic rings. The molecule has 0 fully saturated rings. The van der Waals surface area contributed by atoms with Crippen molar-refractivity contribution in [3.63, 3.8) is 0 Å². The number of rotatable bonds is 4. The zero-order chi connectivity index (χ0) is 9.68. The SMILES string of the molecule is C=CCC(OC(C)=O)c1ccco1. The summed E-state index contributed by atoms with van der Waals surface area (Å²) in [4.78, 5) is 10.7. The van der Waals surface area contributed by atoms with E-state index in [0.717, 1.165) is 0 Å². The highest BCUT2D eigenvalue weighted by Crippen LogP contribution is 2.21. The number of hydrogen-bond acceptors (Lipinski definition) is 3. The molecular weight excluding hydrogens is 168 g/mol. The summed E-state index contributed by atoms with van der Waals surface area (Å²) in [5.74, 6) is 0.332. The molecule has 0 spiro atoms. The van der Waals surface area contributed by atoms with Crippen molar-refractivity contribution < 1.29 is 13.9 Å². The molecule has 70 valence electrons. The van der Waals surface area contributed by atoms with Crippen molar-refractivity contribution in [3.05, 3.63) is 36.8 Å². The normalized spacial score (nSPS) is 12.1. The minimum absolute atomic E-state index is 0.316. The molecule has 0 bridgehead atoms. The Morgan fingerprint density at radius 2 is 2.62 bits per heavy atom. The van der Waals surface area contributed by atoms with E-state index in [2.05, 4.69) is 6.58 Å². The van der Waals surface area contributed by atoms with Crippen LogP contribution < -0.4 is 0 Å². The van der Waals surface area contributed by atoms with Crippen molar-refractivity contribution in [2.75, 3.05) is 0 Å². The molecule has 13 heavy (non-hydrogen) atoms. The molecule has 0 saturated carbocycles. The molecule has 1 unspecified atom stereocenters. The molecule has 0 radical (unpaired) electrons. The Bertz CT molecular complexity index is 274. The molecule has 1 rings (SSSR count). The van der Waals surface area contributed by atoms with Crippen LogP contribution in [0.2, 0.25) is 0 Å². The monoisotopic (exact) mass is 180 g/mol. The maximum Gasteiger partial charge on any atom is 0.303 e. The fourth-order valence-corrected chi connectivity index (χ4v) is 1.05. The Labute approximate surface area is 77.0 Å². The van der Waals surface area contributed by atoms with Crippen LogP contribution in [0.1, 0.15) is 25.2 Å². The zero-order valence-corrected chi connectivity index (χ0v) is 7.53. The molecule has 1 heterocycles. The Hall–Kier alpha value is -1.51. The second-order valence-corrected chi connectivity index (χ2v) is 2.64. The first kappa shape index (κ1) is 9.58. The van der Waals surface area contributed by atoms with Crippen molar-refractivity contribution in [2.45, 2.75) is 19.4 Å². The Balaban J connectivity index is 2.67. The molecule has 0 aliphatic carbocycles. The van der Waals surface area contributed by atoms with E-state index in [1.54, 1.807) is 24.5 Å². The highest BCUT2D eigenvalue weighted by Gasteiger charge is 2.15. The van der Waals surface area contributed by atoms with Gasteiger partial charge in [-0.1, -0.05) is 6.08 Å². The summed E-state index contributed by atoms with van der Waals surface area (Å²) in [7, 11) is 0. The Morgan fingerprint density at radius 1 is 1.85 bits per heavy atom. The number of hydrogen-bond donors (Lipinski definition) is 0. The summed E-state index contributed by atoms with van der Waals surface area (Å²) >= 11 is 0. The van der Waals surface area contributed by atoms with Crippen LogP contribution in [0, 0.1) is 0 Å². The van der Waals surface area contributed by atoms with Gasteiger partial charge in [0.15, 0.2) is 6.10 Å². The number of carbonyl (C=O) groups is 1. The quantitative estimate of drug-likeness (QED) is 0.527. The lowest BCUT2D eigenvalue weighted by atomic mass is 10.2. The van der Waals surface area contributed by atoms with Crippen molar-refractivity contribution in [3.8, 4) is 0 Å². The molecular formula is C10H12O3. The number of esters is 1. The average molecular weight is 180 g/mol. The molecule has 0 aliphatic heterocycles. The van der Waals surface area contributed by atoms with Crippen molar-refractivity contribution in [2.24, 2.45) is 0 Å². The molecule has 0 N–H and O–H groups in total. The van der Waals surface area contributed by atoms with E-state index in [-0.39, 0.29) is 12.1 Å². The number of carbonyl (C=O) groups excluding carboxylic acids is 1. The van der Waals surface area contributed by atoms with Crippen LogP contribution in [0.25, 0.3) is 0 Å². The first-order chi connectivity index (χ1) is 6.24. The van der Waals surface area contributed by atoms with Crippen LogP contribution in [-0.2, 0) is 9.53 Å². The topological polar surface area (TPSA) is 39.4 Å². The van der Waals surface area contributed by atoms with E-state index < -0.39 is 0 Å². The van der Waals surface area contributed by atoms with Gasteiger partial charge in [0.2, 0.25) is 0 Å². The van der Waals surface area contributed by atoms with Gasteiger partial charge in [0.25, 0.3) is 0 Å². The Morgan fingerprint density at radius 3 is 3.08 bits per heavy atom. The van der Waals surface area contributed by atoms with Gasteiger partial charge in [-0.3, -0.25) is 4.79 Å². The molecule has 0 saturated heterocycles. The minimum Gasteiger partial charge on any atom is -0.465 e. The van der Waals surface area contributed by atoms with Crippen LogP contribution in [0.3, 0.4) is 0 Å². The van der Waals surface area contributed by atoms with E-state index in [1.807, 2.05) is 0 Å². The molecule has 0 aromatic carbocycles. The smallest absolute Gasteiger partial charge is 0.303 e. The number of ether oxygens (including phenoxy) is 1. The van der Waals surface area contributed by atoms with Gasteiger partial charge in [0.05, 0.1) is 6.26 Å². The van der Waals surface area contributed by atoms with Crippen LogP contribution >= 0.6 is 0 Å². The summed E-state index contributed by atoms with van der Waals surface area (Å²) in [5, 5.41) is 0. The zero-order valence-electron chi connectivity index (χ0n) is 7.53. The highest BCUT2D eigenvalue weighted by molar-refractivity contribution is 5.66. The van der Waals surface area contributed by atoms with Gasteiger partial charge in [0, 0.05) is 13.3 Å². The lowest BCUT2D eigenvalue weighted by molar-refractivity contribution is -0.147. The van der Waals surface area contributed by atoms with Crippen LogP contribution in [0.15, 0.2) is 35.5 Å².